The van der Waals surface area contributed by atoms with Crippen LogP contribution in [0.25, 0.3) is 11.0 Å². The van der Waals surface area contributed by atoms with Crippen LogP contribution in [0.3, 0.4) is 0 Å². The van der Waals surface area contributed by atoms with Gasteiger partial charge in [0.1, 0.15) is 11.5 Å². The maximum absolute atomic E-state index is 13.2. The molecule has 0 fully saturated rings. The summed E-state index contributed by atoms with van der Waals surface area (Å²) in [5.74, 6) is 0.541. The van der Waals surface area contributed by atoms with Crippen molar-refractivity contribution in [1.29, 1.82) is 0 Å². The minimum atomic E-state index is -0.157. The maximum atomic E-state index is 13.2. The second kappa shape index (κ2) is 8.78. The molecule has 0 atom stereocenters. The van der Waals surface area contributed by atoms with Crippen LogP contribution < -0.4 is 10.9 Å². The molecule has 1 amide bonds. The summed E-state index contributed by atoms with van der Waals surface area (Å²) in [6, 6.07) is 19.2. The Balaban J connectivity index is 1.57. The normalized spacial score (nSPS) is 11.0. The smallest absolute Gasteiger partial charge is 0.273 e. The fourth-order valence-corrected chi connectivity index (χ4v) is 3.44. The molecule has 0 saturated carbocycles. The van der Waals surface area contributed by atoms with Crippen LogP contribution in [0.1, 0.15) is 29.0 Å². The van der Waals surface area contributed by atoms with E-state index < -0.39 is 0 Å². The zero-order chi connectivity index (χ0) is 20.9. The summed E-state index contributed by atoms with van der Waals surface area (Å²) in [7, 11) is 0. The average Bonchev–Trinajstić information content (AvgIpc) is 3.28. The fraction of sp³-hybridized carbons (Fsp3) is 0.208. The van der Waals surface area contributed by atoms with Crippen molar-refractivity contribution in [3.8, 4) is 0 Å². The van der Waals surface area contributed by atoms with Crippen LogP contribution in [-0.2, 0) is 24.3 Å². The van der Waals surface area contributed by atoms with Crippen molar-refractivity contribution in [2.75, 3.05) is 0 Å². The minimum Gasteiger partial charge on any atom is -0.467 e. The van der Waals surface area contributed by atoms with Gasteiger partial charge in [0.05, 0.1) is 30.4 Å². The van der Waals surface area contributed by atoms with Gasteiger partial charge in [-0.1, -0.05) is 36.4 Å². The van der Waals surface area contributed by atoms with Gasteiger partial charge >= 0.3 is 0 Å². The molecule has 4 aromatic rings. The molecule has 0 aliphatic heterocycles. The van der Waals surface area contributed by atoms with Gasteiger partial charge in [0.25, 0.3) is 5.56 Å². The van der Waals surface area contributed by atoms with Gasteiger partial charge in [-0.15, -0.1) is 0 Å². The summed E-state index contributed by atoms with van der Waals surface area (Å²) in [5, 5.41) is 2.80. The fourth-order valence-electron chi connectivity index (χ4n) is 3.44. The Morgan fingerprint density at radius 3 is 2.67 bits per heavy atom. The molecular formula is C24H23N3O3. The molecule has 6 nitrogen and oxygen atoms in total. The summed E-state index contributed by atoms with van der Waals surface area (Å²) in [6.45, 7) is 2.83. The molecule has 0 saturated heterocycles. The van der Waals surface area contributed by atoms with Crippen molar-refractivity contribution >= 4 is 16.9 Å². The molecule has 30 heavy (non-hydrogen) atoms. The summed E-state index contributed by atoms with van der Waals surface area (Å²) in [6.07, 6.45) is 2.03. The second-order valence-corrected chi connectivity index (χ2v) is 7.22. The zero-order valence-corrected chi connectivity index (χ0v) is 16.8. The van der Waals surface area contributed by atoms with Crippen LogP contribution in [0.5, 0.6) is 0 Å². The Hall–Kier alpha value is -3.67. The summed E-state index contributed by atoms with van der Waals surface area (Å²) in [4.78, 5) is 30.0. The molecule has 0 aliphatic rings. The number of aromatic nitrogens is 2. The van der Waals surface area contributed by atoms with Gasteiger partial charge in [-0.3, -0.25) is 9.59 Å². The molecule has 0 radical (unpaired) electrons. The Morgan fingerprint density at radius 1 is 1.07 bits per heavy atom. The quantitative estimate of drug-likeness (QED) is 0.513. The number of furan rings is 1. The first-order chi connectivity index (χ1) is 14.6. The van der Waals surface area contributed by atoms with E-state index in [1.165, 1.54) is 0 Å². The molecule has 0 aliphatic carbocycles. The SMILES string of the molecule is Cc1ccccc1Cn1c(=O)c(CCC(=O)NCc2ccco2)nc2ccccc21. The van der Waals surface area contributed by atoms with Gasteiger partial charge in [0.2, 0.25) is 5.91 Å². The number of rotatable bonds is 7. The van der Waals surface area contributed by atoms with E-state index in [0.29, 0.717) is 24.5 Å². The third kappa shape index (κ3) is 4.33. The zero-order valence-electron chi connectivity index (χ0n) is 16.8. The lowest BCUT2D eigenvalue weighted by Crippen LogP contribution is -2.28. The first-order valence-electron chi connectivity index (χ1n) is 9.94. The van der Waals surface area contributed by atoms with Crippen LogP contribution in [0, 0.1) is 6.92 Å². The third-order valence-corrected chi connectivity index (χ3v) is 5.14. The Bertz CT molecular complexity index is 1230. The van der Waals surface area contributed by atoms with Crippen LogP contribution in [0.4, 0.5) is 0 Å². The lowest BCUT2D eigenvalue weighted by Gasteiger charge is -2.14. The molecule has 0 bridgehead atoms. The number of amides is 1. The van der Waals surface area contributed by atoms with Crippen molar-refractivity contribution in [2.24, 2.45) is 0 Å². The van der Waals surface area contributed by atoms with Gasteiger partial charge in [-0.2, -0.15) is 0 Å². The number of benzene rings is 2. The summed E-state index contributed by atoms with van der Waals surface area (Å²) in [5.41, 5.74) is 3.99. The molecule has 4 rings (SSSR count). The van der Waals surface area contributed by atoms with E-state index in [9.17, 15) is 9.59 Å². The van der Waals surface area contributed by atoms with Gasteiger partial charge in [-0.25, -0.2) is 4.98 Å². The monoisotopic (exact) mass is 401 g/mol. The van der Waals surface area contributed by atoms with E-state index in [-0.39, 0.29) is 24.3 Å². The number of nitrogens with one attached hydrogen (secondary N) is 1. The molecule has 6 heteroatoms. The van der Waals surface area contributed by atoms with Crippen molar-refractivity contribution in [1.82, 2.24) is 14.9 Å². The van der Waals surface area contributed by atoms with Crippen LogP contribution in [0.15, 0.2) is 76.1 Å². The Kier molecular flexibility index (Phi) is 5.75. The van der Waals surface area contributed by atoms with Crippen LogP contribution in [-0.4, -0.2) is 15.5 Å². The molecular weight excluding hydrogens is 378 g/mol. The Morgan fingerprint density at radius 2 is 1.87 bits per heavy atom. The molecule has 1 N–H and O–H groups in total. The number of nitrogens with zero attached hydrogens (tertiary/aromatic N) is 2. The molecule has 2 aromatic carbocycles. The number of hydrogen-bond donors (Lipinski definition) is 1. The molecule has 0 spiro atoms. The van der Waals surface area contributed by atoms with Gasteiger partial charge in [-0.05, 0) is 42.3 Å². The Labute approximate surface area is 174 Å². The largest absolute Gasteiger partial charge is 0.467 e. The second-order valence-electron chi connectivity index (χ2n) is 7.22. The van der Waals surface area contributed by atoms with Crippen molar-refractivity contribution in [3.05, 3.63) is 99.9 Å². The van der Waals surface area contributed by atoms with E-state index in [2.05, 4.69) is 10.3 Å². The maximum Gasteiger partial charge on any atom is 0.273 e. The van der Waals surface area contributed by atoms with Crippen LogP contribution in [0.2, 0.25) is 0 Å². The van der Waals surface area contributed by atoms with Gasteiger partial charge in [0, 0.05) is 12.8 Å². The first-order valence-corrected chi connectivity index (χ1v) is 9.94. The molecule has 0 unspecified atom stereocenters. The number of hydrogen-bond acceptors (Lipinski definition) is 4. The predicted molar refractivity (Wildman–Crippen MR) is 115 cm³/mol. The van der Waals surface area contributed by atoms with Crippen LogP contribution >= 0.6 is 0 Å². The highest BCUT2D eigenvalue weighted by molar-refractivity contribution is 5.77. The van der Waals surface area contributed by atoms with Crippen molar-refractivity contribution in [3.63, 3.8) is 0 Å². The molecule has 152 valence electrons. The average molecular weight is 401 g/mol. The van der Waals surface area contributed by atoms with Gasteiger partial charge in [0.15, 0.2) is 0 Å². The van der Waals surface area contributed by atoms with Gasteiger partial charge < -0.3 is 14.3 Å². The highest BCUT2D eigenvalue weighted by Gasteiger charge is 2.13. The number of para-hydroxylation sites is 2. The standard InChI is InChI=1S/C24H23N3O3/c1-17-7-2-3-8-18(17)16-27-22-11-5-4-10-20(22)26-21(24(27)29)12-13-23(28)25-15-19-9-6-14-30-19/h2-11,14H,12-13,15-16H2,1H3,(H,25,28). The van der Waals surface area contributed by atoms with E-state index in [4.69, 9.17) is 4.42 Å². The minimum absolute atomic E-state index is 0.147. The number of aryl methyl sites for hydroxylation is 2. The summed E-state index contributed by atoms with van der Waals surface area (Å²) >= 11 is 0. The lowest BCUT2D eigenvalue weighted by molar-refractivity contribution is -0.121. The number of carbonyl (C=O) groups is 1. The number of carbonyl (C=O) groups excluding carboxylic acids is 1. The number of fused-ring (bicyclic) bond motifs is 1. The van der Waals surface area contributed by atoms with E-state index in [0.717, 1.165) is 22.2 Å². The van der Waals surface area contributed by atoms with Crippen molar-refractivity contribution < 1.29 is 9.21 Å². The topological polar surface area (TPSA) is 77.1 Å². The first kappa shape index (κ1) is 19.6. The lowest BCUT2D eigenvalue weighted by atomic mass is 10.1. The molecule has 2 aromatic heterocycles. The highest BCUT2D eigenvalue weighted by atomic mass is 16.3. The highest BCUT2D eigenvalue weighted by Crippen LogP contribution is 2.15. The molecule has 2 heterocycles. The predicted octanol–water partition coefficient (Wildman–Crippen LogP) is 3.60. The van der Waals surface area contributed by atoms with E-state index in [1.54, 1.807) is 23.0 Å². The van der Waals surface area contributed by atoms with E-state index in [1.807, 2.05) is 55.5 Å². The van der Waals surface area contributed by atoms with Crippen molar-refractivity contribution in [2.45, 2.75) is 32.9 Å². The van der Waals surface area contributed by atoms with E-state index >= 15 is 0 Å². The third-order valence-electron chi connectivity index (χ3n) is 5.14. The summed E-state index contributed by atoms with van der Waals surface area (Å²) < 4.78 is 6.97.